The molecule has 0 bridgehead atoms. The molecule has 5 rings (SSSR count). The van der Waals surface area contributed by atoms with E-state index in [1.807, 2.05) is 0 Å². The Morgan fingerprint density at radius 1 is 1.09 bits per heavy atom. The van der Waals surface area contributed by atoms with Gasteiger partial charge in [0, 0.05) is 36.7 Å². The highest BCUT2D eigenvalue weighted by atomic mass is 16.6. The van der Waals surface area contributed by atoms with Crippen molar-refractivity contribution in [1.82, 2.24) is 0 Å². The lowest BCUT2D eigenvalue weighted by molar-refractivity contribution is -0.278. The summed E-state index contributed by atoms with van der Waals surface area (Å²) >= 11 is 0. The van der Waals surface area contributed by atoms with Crippen LogP contribution in [0.2, 0.25) is 0 Å². The fraction of sp³-hybridized carbons (Fsp3) is 0.731. The molecule has 4 aliphatic carbocycles. The fourth-order valence-electron chi connectivity index (χ4n) is 8.45. The van der Waals surface area contributed by atoms with Crippen molar-refractivity contribution in [3.63, 3.8) is 0 Å². The second-order valence-corrected chi connectivity index (χ2v) is 11.7. The number of carbonyl (C=O) groups is 2. The molecule has 0 spiro atoms. The molecule has 4 aliphatic rings. The van der Waals surface area contributed by atoms with E-state index in [0.29, 0.717) is 24.8 Å². The van der Waals surface area contributed by atoms with Crippen LogP contribution < -0.4 is 5.63 Å². The van der Waals surface area contributed by atoms with Gasteiger partial charge >= 0.3 is 11.6 Å². The number of ether oxygens (including phenoxy) is 1. The van der Waals surface area contributed by atoms with Crippen LogP contribution >= 0.6 is 0 Å². The van der Waals surface area contributed by atoms with E-state index in [1.54, 1.807) is 19.9 Å². The first-order valence-electron chi connectivity index (χ1n) is 12.4. The molecule has 10 atom stereocenters. The minimum absolute atomic E-state index is 0.00422. The highest BCUT2D eigenvalue weighted by Gasteiger charge is 2.76. The summed E-state index contributed by atoms with van der Waals surface area (Å²) in [6, 6.07) is 2.89. The highest BCUT2D eigenvalue weighted by molar-refractivity contribution is 5.93. The Kier molecular flexibility index (Phi) is 5.43. The van der Waals surface area contributed by atoms with Gasteiger partial charge in [0.15, 0.2) is 5.78 Å². The average molecular weight is 491 g/mol. The third-order valence-electron chi connectivity index (χ3n) is 10.3. The van der Waals surface area contributed by atoms with Gasteiger partial charge in [-0.2, -0.15) is 0 Å². The van der Waals surface area contributed by atoms with Crippen molar-refractivity contribution in [2.45, 2.75) is 94.7 Å². The quantitative estimate of drug-likeness (QED) is 0.445. The molecule has 0 unspecified atom stereocenters. The number of hydrogen-bond acceptors (Lipinski definition) is 9. The molecule has 9 nitrogen and oxygen atoms in total. The van der Waals surface area contributed by atoms with Crippen LogP contribution in [-0.2, 0) is 14.3 Å². The van der Waals surface area contributed by atoms with E-state index in [9.17, 15) is 34.8 Å². The number of rotatable bonds is 2. The normalized spacial score (nSPS) is 49.1. The summed E-state index contributed by atoms with van der Waals surface area (Å²) in [6.07, 6.45) is -0.637. The van der Waals surface area contributed by atoms with E-state index in [0.717, 1.165) is 0 Å². The maximum Gasteiger partial charge on any atom is 0.335 e. The Balaban J connectivity index is 1.55. The molecule has 0 amide bonds. The van der Waals surface area contributed by atoms with E-state index in [1.165, 1.54) is 19.3 Å². The Morgan fingerprint density at radius 3 is 2.43 bits per heavy atom. The zero-order chi connectivity index (χ0) is 25.6. The molecule has 1 aromatic rings. The first kappa shape index (κ1) is 24.6. The van der Waals surface area contributed by atoms with Crippen LogP contribution in [-0.4, -0.2) is 61.7 Å². The third kappa shape index (κ3) is 3.11. The summed E-state index contributed by atoms with van der Waals surface area (Å²) in [5.74, 6) is -2.78. The molecule has 0 aromatic carbocycles. The molecular weight excluding hydrogens is 456 g/mol. The van der Waals surface area contributed by atoms with Crippen LogP contribution in [0.3, 0.4) is 0 Å². The molecule has 4 N–H and O–H groups in total. The first-order valence-corrected chi connectivity index (χ1v) is 12.4. The molecule has 0 saturated heterocycles. The second-order valence-electron chi connectivity index (χ2n) is 11.7. The number of aliphatic hydroxyl groups is 4. The molecule has 0 aliphatic heterocycles. The van der Waals surface area contributed by atoms with Crippen LogP contribution in [0, 0.1) is 22.7 Å². The van der Waals surface area contributed by atoms with Crippen molar-refractivity contribution >= 4 is 11.8 Å². The predicted molar refractivity (Wildman–Crippen MR) is 121 cm³/mol. The zero-order valence-electron chi connectivity index (χ0n) is 20.3. The van der Waals surface area contributed by atoms with Crippen molar-refractivity contribution < 1.29 is 39.2 Å². The molecule has 9 heteroatoms. The van der Waals surface area contributed by atoms with Crippen LogP contribution in [0.25, 0.3) is 0 Å². The van der Waals surface area contributed by atoms with Gasteiger partial charge in [0.25, 0.3) is 0 Å². The predicted octanol–water partition coefficient (Wildman–Crippen LogP) is 1.05. The van der Waals surface area contributed by atoms with Gasteiger partial charge in [-0.25, -0.2) is 4.79 Å². The van der Waals surface area contributed by atoms with Gasteiger partial charge in [0.05, 0.1) is 29.0 Å². The summed E-state index contributed by atoms with van der Waals surface area (Å²) < 4.78 is 10.3. The Labute approximate surface area is 203 Å². The number of aliphatic hydroxyl groups excluding tert-OH is 2. The largest absolute Gasteiger partial charge is 0.460 e. The van der Waals surface area contributed by atoms with Crippen LogP contribution in [0.4, 0.5) is 0 Å². The minimum atomic E-state index is -1.46. The summed E-state index contributed by atoms with van der Waals surface area (Å²) in [4.78, 5) is 37.0. The number of esters is 1. The monoisotopic (exact) mass is 490 g/mol. The van der Waals surface area contributed by atoms with Gasteiger partial charge in [0.2, 0.25) is 0 Å². The summed E-state index contributed by atoms with van der Waals surface area (Å²) in [5.41, 5.74) is -5.12. The Bertz CT molecular complexity index is 1090. The van der Waals surface area contributed by atoms with Crippen molar-refractivity contribution in [1.29, 1.82) is 0 Å². The lowest BCUT2D eigenvalue weighted by atomic mass is 9.40. The molecule has 1 aromatic heterocycles. The Morgan fingerprint density at radius 2 is 1.80 bits per heavy atom. The highest BCUT2D eigenvalue weighted by Crippen LogP contribution is 2.70. The average Bonchev–Trinajstić information content (AvgIpc) is 3.06. The number of carbonyl (C=O) groups excluding carboxylic acids is 2. The SMILES string of the molecule is CC(=O)O[C@@H]1C[C@@]2(O)CC[C@@H]3[C@H]([C@H](O)C(=O)[C@]4(C)[C@@H](c5ccc(=O)oc5)CC[C@]34O)[C@@]2(C)C[C@@H]1O. The number of ketones is 1. The van der Waals surface area contributed by atoms with Gasteiger partial charge in [-0.1, -0.05) is 6.92 Å². The number of Topliss-reactive ketones (excluding diaryl/α,β-unsaturated/α-hetero) is 1. The van der Waals surface area contributed by atoms with E-state index < -0.39 is 75.5 Å². The van der Waals surface area contributed by atoms with Crippen molar-refractivity contribution in [2.75, 3.05) is 0 Å². The van der Waals surface area contributed by atoms with Crippen molar-refractivity contribution in [3.05, 3.63) is 34.4 Å². The van der Waals surface area contributed by atoms with Crippen molar-refractivity contribution in [2.24, 2.45) is 22.7 Å². The molecule has 4 fully saturated rings. The van der Waals surface area contributed by atoms with Gasteiger partial charge in [-0.15, -0.1) is 0 Å². The summed E-state index contributed by atoms with van der Waals surface area (Å²) in [5, 5.41) is 46.4. The molecule has 192 valence electrons. The van der Waals surface area contributed by atoms with Gasteiger partial charge in [0.1, 0.15) is 12.2 Å². The maximum atomic E-state index is 13.9. The molecule has 4 saturated carbocycles. The second kappa shape index (κ2) is 7.71. The maximum absolute atomic E-state index is 13.9. The summed E-state index contributed by atoms with van der Waals surface area (Å²) in [7, 11) is 0. The van der Waals surface area contributed by atoms with Crippen LogP contribution in [0.1, 0.15) is 70.8 Å². The van der Waals surface area contributed by atoms with Crippen molar-refractivity contribution in [3.8, 4) is 0 Å². The summed E-state index contributed by atoms with van der Waals surface area (Å²) in [6.45, 7) is 4.70. The van der Waals surface area contributed by atoms with E-state index in [-0.39, 0.29) is 19.3 Å². The zero-order valence-corrected chi connectivity index (χ0v) is 20.3. The first-order chi connectivity index (χ1) is 16.3. The van der Waals surface area contributed by atoms with E-state index in [4.69, 9.17) is 9.15 Å². The Hall–Kier alpha value is -2.07. The van der Waals surface area contributed by atoms with E-state index >= 15 is 0 Å². The minimum Gasteiger partial charge on any atom is -0.460 e. The van der Waals surface area contributed by atoms with E-state index in [2.05, 4.69) is 0 Å². The van der Waals surface area contributed by atoms with Gasteiger partial charge in [-0.05, 0) is 56.6 Å². The lowest BCUT2D eigenvalue weighted by Crippen LogP contribution is -2.74. The fourth-order valence-corrected chi connectivity index (χ4v) is 8.45. The number of fused-ring (bicyclic) bond motifs is 5. The topological polar surface area (TPSA) is 154 Å². The molecular formula is C26H34O9. The molecule has 0 radical (unpaired) electrons. The third-order valence-corrected chi connectivity index (χ3v) is 10.3. The number of hydrogen-bond donors (Lipinski definition) is 4. The molecule has 35 heavy (non-hydrogen) atoms. The van der Waals surface area contributed by atoms with Crippen LogP contribution in [0.15, 0.2) is 27.6 Å². The standard InChI is InChI=1S/C26H34O9/c1-13(27)35-18-11-25(32)8-6-16-20(23(25,2)10-17(18)28)21(30)22(31)24(3)15(7-9-26(16,24)33)14-4-5-19(29)34-12-14/h4-5,12,15-18,20-21,28,30,32-33H,6-11H2,1-3H3/t15-,16-,17+,18-,20-,21+,23-,24+,25+,26+/m1/s1. The smallest absolute Gasteiger partial charge is 0.335 e. The van der Waals surface area contributed by atoms with Gasteiger partial charge < -0.3 is 29.6 Å². The van der Waals surface area contributed by atoms with Crippen LogP contribution in [0.5, 0.6) is 0 Å². The van der Waals surface area contributed by atoms with Gasteiger partial charge in [-0.3, -0.25) is 9.59 Å². The lowest BCUT2D eigenvalue weighted by Gasteiger charge is -2.66. The molecule has 1 heterocycles.